The number of halogens is 1. The topological polar surface area (TPSA) is 101 Å². The van der Waals surface area contributed by atoms with Gasteiger partial charge in [-0.05, 0) is 59.7 Å². The molecule has 2 aromatic heterocycles. The summed E-state index contributed by atoms with van der Waals surface area (Å²) in [6.45, 7) is 3.65. The first-order valence-electron chi connectivity index (χ1n) is 12.9. The van der Waals surface area contributed by atoms with E-state index < -0.39 is 6.04 Å². The molecule has 0 radical (unpaired) electrons. The molecule has 2 saturated heterocycles. The molecular weight excluding hydrogens is 489 g/mol. The van der Waals surface area contributed by atoms with E-state index in [2.05, 4.69) is 25.4 Å². The largest absolute Gasteiger partial charge is 0.497 e. The Hall–Kier alpha value is -3.83. The number of aromatic nitrogens is 5. The number of ether oxygens (including phenoxy) is 2. The van der Waals surface area contributed by atoms with Crippen LogP contribution in [0.4, 0.5) is 10.1 Å². The minimum Gasteiger partial charge on any atom is -0.497 e. The number of nitrogens with one attached hydrogen (secondary N) is 1. The molecule has 2 aromatic carbocycles. The first-order valence-corrected chi connectivity index (χ1v) is 12.9. The minimum absolute atomic E-state index is 0.0370. The van der Waals surface area contributed by atoms with Crippen molar-refractivity contribution in [1.82, 2.24) is 30.1 Å². The highest BCUT2D eigenvalue weighted by molar-refractivity contribution is 5.80. The Labute approximate surface area is 219 Å². The molecule has 2 aliphatic heterocycles. The normalized spacial score (nSPS) is 19.2. The molecule has 6 rings (SSSR count). The summed E-state index contributed by atoms with van der Waals surface area (Å²) in [7, 11) is 1.62. The number of benzene rings is 2. The van der Waals surface area contributed by atoms with E-state index >= 15 is 0 Å². The van der Waals surface area contributed by atoms with Crippen LogP contribution < -0.4 is 15.2 Å². The van der Waals surface area contributed by atoms with E-state index in [0.29, 0.717) is 55.5 Å². The molecule has 4 aromatic rings. The lowest BCUT2D eigenvalue weighted by Gasteiger charge is -2.39. The molecule has 198 valence electrons. The number of hydrogen-bond acceptors (Lipinski definition) is 8. The van der Waals surface area contributed by atoms with Crippen molar-refractivity contribution in [2.24, 2.45) is 0 Å². The smallest absolute Gasteiger partial charge is 0.253 e. The summed E-state index contributed by atoms with van der Waals surface area (Å²) in [4.78, 5) is 20.7. The molecule has 0 bridgehead atoms. The van der Waals surface area contributed by atoms with E-state index in [0.717, 1.165) is 30.4 Å². The third-order valence-electron chi connectivity index (χ3n) is 7.45. The highest BCUT2D eigenvalue weighted by atomic mass is 19.1. The Balaban J connectivity index is 1.38. The van der Waals surface area contributed by atoms with Crippen LogP contribution >= 0.6 is 0 Å². The molecule has 0 saturated carbocycles. The van der Waals surface area contributed by atoms with E-state index in [9.17, 15) is 9.18 Å². The van der Waals surface area contributed by atoms with E-state index in [1.807, 2.05) is 35.2 Å². The average Bonchev–Trinajstić information content (AvgIpc) is 3.62. The standard InChI is InChI=1S/C27H30FN7O3/c1-37-19-8-9-23-18(15-19)16-21(27(36)29-23)25(26-30-31-32-35(26)17-20-5-4-14-38-20)34-12-10-33(11-13-34)24-7-3-2-6-22(24)28/h2-3,6-9,15-16,20,25H,4-5,10-14,17H2,1H3,(H,29,36)/t20-,25+/m1/s1. The molecule has 0 spiro atoms. The van der Waals surface area contributed by atoms with Crippen molar-refractivity contribution >= 4 is 16.6 Å². The zero-order valence-electron chi connectivity index (χ0n) is 21.2. The average molecular weight is 520 g/mol. The van der Waals surface area contributed by atoms with Gasteiger partial charge in [0.25, 0.3) is 5.56 Å². The van der Waals surface area contributed by atoms with Gasteiger partial charge in [0.1, 0.15) is 17.6 Å². The van der Waals surface area contributed by atoms with Gasteiger partial charge in [0.05, 0.1) is 25.4 Å². The number of anilines is 1. The first kappa shape index (κ1) is 24.5. The van der Waals surface area contributed by atoms with E-state index in [1.165, 1.54) is 6.07 Å². The molecule has 1 N–H and O–H groups in total. The predicted molar refractivity (Wildman–Crippen MR) is 140 cm³/mol. The third-order valence-corrected chi connectivity index (χ3v) is 7.45. The summed E-state index contributed by atoms with van der Waals surface area (Å²) in [5, 5.41) is 13.5. The van der Waals surface area contributed by atoms with Crippen molar-refractivity contribution in [2.75, 3.05) is 44.8 Å². The van der Waals surface area contributed by atoms with E-state index in [1.54, 1.807) is 23.9 Å². The number of nitrogens with zero attached hydrogens (tertiary/aromatic N) is 6. The minimum atomic E-state index is -0.492. The molecule has 10 nitrogen and oxygen atoms in total. The molecular formula is C27H30FN7O3. The molecule has 2 atom stereocenters. The second-order valence-corrected chi connectivity index (χ2v) is 9.74. The lowest BCUT2D eigenvalue weighted by Crippen LogP contribution is -2.49. The van der Waals surface area contributed by atoms with Crippen LogP contribution in [0, 0.1) is 5.82 Å². The van der Waals surface area contributed by atoms with Crippen molar-refractivity contribution in [3.05, 3.63) is 76.1 Å². The van der Waals surface area contributed by atoms with Crippen molar-refractivity contribution in [3.8, 4) is 5.75 Å². The Bertz CT molecular complexity index is 1480. The SMILES string of the molecule is COc1ccc2[nH]c(=O)c([C@@H](c3nnnn3C[C@H]3CCCO3)N3CCN(c4ccccc4F)CC3)cc2c1. The summed E-state index contributed by atoms with van der Waals surface area (Å²) in [5.41, 5.74) is 1.66. The molecule has 0 amide bonds. The van der Waals surface area contributed by atoms with Crippen LogP contribution in [0.3, 0.4) is 0 Å². The van der Waals surface area contributed by atoms with E-state index in [-0.39, 0.29) is 17.5 Å². The number of methoxy groups -OCH3 is 1. The van der Waals surface area contributed by atoms with Crippen LogP contribution in [0.25, 0.3) is 10.9 Å². The molecule has 2 fully saturated rings. The van der Waals surface area contributed by atoms with Crippen molar-refractivity contribution < 1.29 is 13.9 Å². The fourth-order valence-corrected chi connectivity index (χ4v) is 5.48. The summed E-state index contributed by atoms with van der Waals surface area (Å²) >= 11 is 0. The van der Waals surface area contributed by atoms with Gasteiger partial charge in [0.15, 0.2) is 5.82 Å². The lowest BCUT2D eigenvalue weighted by molar-refractivity contribution is 0.0906. The second-order valence-electron chi connectivity index (χ2n) is 9.74. The fourth-order valence-electron chi connectivity index (χ4n) is 5.48. The van der Waals surface area contributed by atoms with E-state index in [4.69, 9.17) is 9.47 Å². The summed E-state index contributed by atoms with van der Waals surface area (Å²) < 4.78 is 27.5. The van der Waals surface area contributed by atoms with Gasteiger partial charge in [0.2, 0.25) is 0 Å². The maximum Gasteiger partial charge on any atom is 0.253 e. The Morgan fingerprint density at radius 2 is 2.00 bits per heavy atom. The molecule has 2 aliphatic rings. The summed E-state index contributed by atoms with van der Waals surface area (Å²) in [6, 6.07) is 13.8. The van der Waals surface area contributed by atoms with Crippen molar-refractivity contribution in [3.63, 3.8) is 0 Å². The maximum atomic E-state index is 14.5. The van der Waals surface area contributed by atoms with Gasteiger partial charge in [-0.3, -0.25) is 9.69 Å². The fraction of sp³-hybridized carbons (Fsp3) is 0.407. The van der Waals surface area contributed by atoms with Gasteiger partial charge in [-0.2, -0.15) is 0 Å². The number of H-pyrrole nitrogens is 1. The molecule has 38 heavy (non-hydrogen) atoms. The van der Waals surface area contributed by atoms with Crippen LogP contribution in [-0.4, -0.2) is 76.1 Å². The maximum absolute atomic E-state index is 14.5. The Morgan fingerprint density at radius 1 is 1.16 bits per heavy atom. The predicted octanol–water partition coefficient (Wildman–Crippen LogP) is 2.75. The molecule has 0 aliphatic carbocycles. The quantitative estimate of drug-likeness (QED) is 0.398. The monoisotopic (exact) mass is 519 g/mol. The number of tetrazole rings is 1. The van der Waals surface area contributed by atoms with Crippen LogP contribution in [0.15, 0.2) is 53.3 Å². The van der Waals surface area contributed by atoms with Crippen molar-refractivity contribution in [2.45, 2.75) is 31.5 Å². The number of hydrogen-bond donors (Lipinski definition) is 1. The highest BCUT2D eigenvalue weighted by Crippen LogP contribution is 2.30. The zero-order valence-corrected chi connectivity index (χ0v) is 21.2. The molecule has 4 heterocycles. The zero-order chi connectivity index (χ0) is 26.1. The van der Waals surface area contributed by atoms with Gasteiger partial charge in [-0.25, -0.2) is 9.07 Å². The number of piperazine rings is 1. The highest BCUT2D eigenvalue weighted by Gasteiger charge is 2.34. The summed E-state index contributed by atoms with van der Waals surface area (Å²) in [5.74, 6) is 1.05. The first-order chi connectivity index (χ1) is 18.6. The van der Waals surface area contributed by atoms with Crippen LogP contribution in [0.5, 0.6) is 5.75 Å². The van der Waals surface area contributed by atoms with Gasteiger partial charge in [-0.15, -0.1) is 5.10 Å². The van der Waals surface area contributed by atoms with Gasteiger partial charge in [-0.1, -0.05) is 12.1 Å². The Morgan fingerprint density at radius 3 is 2.76 bits per heavy atom. The van der Waals surface area contributed by atoms with Gasteiger partial charge < -0.3 is 19.4 Å². The number of fused-ring (bicyclic) bond motifs is 1. The van der Waals surface area contributed by atoms with Crippen LogP contribution in [0.2, 0.25) is 0 Å². The molecule has 0 unspecified atom stereocenters. The number of para-hydroxylation sites is 1. The van der Waals surface area contributed by atoms with Crippen LogP contribution in [-0.2, 0) is 11.3 Å². The number of rotatable bonds is 7. The Kier molecular flexibility index (Phi) is 6.77. The summed E-state index contributed by atoms with van der Waals surface area (Å²) in [6.07, 6.45) is 1.99. The third kappa shape index (κ3) is 4.74. The number of aromatic amines is 1. The second kappa shape index (κ2) is 10.5. The lowest BCUT2D eigenvalue weighted by atomic mass is 10.0. The van der Waals surface area contributed by atoms with Gasteiger partial charge in [0, 0.05) is 49.3 Å². The van der Waals surface area contributed by atoms with Gasteiger partial charge >= 0.3 is 0 Å². The number of pyridine rings is 1. The molecule has 11 heteroatoms. The van der Waals surface area contributed by atoms with Crippen LogP contribution in [0.1, 0.15) is 30.3 Å². The van der Waals surface area contributed by atoms with Crippen molar-refractivity contribution in [1.29, 1.82) is 0 Å².